The van der Waals surface area contributed by atoms with Gasteiger partial charge in [0.1, 0.15) is 0 Å². The first-order valence-corrected chi connectivity index (χ1v) is 7.87. The summed E-state index contributed by atoms with van der Waals surface area (Å²) in [6.45, 7) is 0.100. The Kier molecular flexibility index (Phi) is 5.46. The van der Waals surface area contributed by atoms with Crippen LogP contribution in [-0.2, 0) is 6.42 Å². The molecule has 0 aromatic heterocycles. The largest absolute Gasteiger partial charge is 0.396 e. The van der Waals surface area contributed by atoms with Crippen molar-refractivity contribution >= 4 is 43.5 Å². The molecule has 1 unspecified atom stereocenters. The predicted octanol–water partition coefficient (Wildman–Crippen LogP) is 5.18. The minimum atomic E-state index is 0.0520. The predicted molar refractivity (Wildman–Crippen MR) is 86.8 cm³/mol. The third-order valence-electron chi connectivity index (χ3n) is 3.02. The average molecular weight is 405 g/mol. The van der Waals surface area contributed by atoms with E-state index in [0.717, 1.165) is 31.5 Å². The van der Waals surface area contributed by atoms with Gasteiger partial charge in [0.2, 0.25) is 0 Å². The van der Waals surface area contributed by atoms with Gasteiger partial charge in [-0.2, -0.15) is 0 Å². The van der Waals surface area contributed by atoms with E-state index in [-0.39, 0.29) is 12.5 Å². The molecule has 1 atom stereocenters. The summed E-state index contributed by atoms with van der Waals surface area (Å²) >= 11 is 13.1. The fourth-order valence-corrected chi connectivity index (χ4v) is 3.17. The molecule has 1 nitrogen and oxygen atoms in total. The van der Waals surface area contributed by atoms with Crippen LogP contribution in [0.2, 0.25) is 5.02 Å². The molecule has 19 heavy (non-hydrogen) atoms. The number of aliphatic hydroxyl groups excluding tert-OH is 1. The van der Waals surface area contributed by atoms with Crippen molar-refractivity contribution in [3.8, 4) is 0 Å². The van der Waals surface area contributed by atoms with Gasteiger partial charge in [0.15, 0.2) is 0 Å². The Morgan fingerprint density at radius 2 is 1.79 bits per heavy atom. The highest BCUT2D eigenvalue weighted by Crippen LogP contribution is 2.28. The van der Waals surface area contributed by atoms with Gasteiger partial charge in [0, 0.05) is 19.9 Å². The van der Waals surface area contributed by atoms with E-state index in [4.69, 9.17) is 11.6 Å². The lowest BCUT2D eigenvalue weighted by molar-refractivity contribution is 0.264. The molecule has 0 aliphatic rings. The van der Waals surface area contributed by atoms with E-state index in [1.807, 2.05) is 42.5 Å². The smallest absolute Gasteiger partial charge is 0.0502 e. The van der Waals surface area contributed by atoms with E-state index < -0.39 is 0 Å². The van der Waals surface area contributed by atoms with Crippen molar-refractivity contribution in [3.05, 3.63) is 67.6 Å². The molecule has 2 rings (SSSR count). The number of benzene rings is 2. The molecule has 0 aliphatic heterocycles. The Morgan fingerprint density at radius 1 is 1.05 bits per heavy atom. The summed E-state index contributed by atoms with van der Waals surface area (Å²) in [5, 5.41) is 10.3. The highest BCUT2D eigenvalue weighted by Gasteiger charge is 2.13. The van der Waals surface area contributed by atoms with E-state index >= 15 is 0 Å². The van der Waals surface area contributed by atoms with Crippen LogP contribution in [0, 0.1) is 0 Å². The van der Waals surface area contributed by atoms with Crippen molar-refractivity contribution in [1.82, 2.24) is 0 Å². The van der Waals surface area contributed by atoms with Gasteiger partial charge in [-0.25, -0.2) is 0 Å². The topological polar surface area (TPSA) is 20.2 Å². The van der Waals surface area contributed by atoms with E-state index in [9.17, 15) is 5.11 Å². The summed E-state index contributed by atoms with van der Waals surface area (Å²) in [6, 6.07) is 13.9. The minimum Gasteiger partial charge on any atom is -0.396 e. The first-order valence-electron chi connectivity index (χ1n) is 5.90. The summed E-state index contributed by atoms with van der Waals surface area (Å²) in [5.74, 6) is 0.0520. The molecule has 4 heteroatoms. The molecule has 0 amide bonds. The molecule has 0 heterocycles. The first kappa shape index (κ1) is 15.0. The molecular formula is C15H13Br2ClO. The highest BCUT2D eigenvalue weighted by atomic mass is 79.9. The minimum absolute atomic E-state index is 0.0520. The van der Waals surface area contributed by atoms with Gasteiger partial charge in [-0.15, -0.1) is 0 Å². The van der Waals surface area contributed by atoms with Gasteiger partial charge in [-0.05, 0) is 41.8 Å². The number of hydrogen-bond acceptors (Lipinski definition) is 1. The van der Waals surface area contributed by atoms with Crippen molar-refractivity contribution in [2.45, 2.75) is 12.3 Å². The normalized spacial score (nSPS) is 12.4. The van der Waals surface area contributed by atoms with Gasteiger partial charge < -0.3 is 5.11 Å². The van der Waals surface area contributed by atoms with Crippen LogP contribution in [-0.4, -0.2) is 11.7 Å². The molecule has 0 fully saturated rings. The van der Waals surface area contributed by atoms with Gasteiger partial charge in [-0.3, -0.25) is 0 Å². The lowest BCUT2D eigenvalue weighted by Gasteiger charge is -2.16. The van der Waals surface area contributed by atoms with E-state index in [1.165, 1.54) is 0 Å². The molecule has 0 spiro atoms. The maximum absolute atomic E-state index is 9.61. The first-order chi connectivity index (χ1) is 9.10. The van der Waals surface area contributed by atoms with Crippen LogP contribution in [0.3, 0.4) is 0 Å². The summed E-state index contributed by atoms with van der Waals surface area (Å²) in [6.07, 6.45) is 0.721. The lowest BCUT2D eigenvalue weighted by atomic mass is 9.93. The molecule has 2 aromatic carbocycles. The average Bonchev–Trinajstić information content (AvgIpc) is 2.38. The molecule has 0 saturated carbocycles. The molecule has 1 N–H and O–H groups in total. The zero-order valence-corrected chi connectivity index (χ0v) is 14.0. The molecule has 0 aliphatic carbocycles. The Hall–Kier alpha value is -0.350. The molecule has 0 radical (unpaired) electrons. The van der Waals surface area contributed by atoms with E-state index in [0.29, 0.717) is 0 Å². The van der Waals surface area contributed by atoms with Crippen LogP contribution in [0.4, 0.5) is 0 Å². The SMILES string of the molecule is OCC(Cc1ccc(Br)cc1Cl)c1cccc(Br)c1. The maximum atomic E-state index is 9.61. The van der Waals surface area contributed by atoms with Gasteiger partial charge in [0.25, 0.3) is 0 Å². The Morgan fingerprint density at radius 3 is 2.42 bits per heavy atom. The highest BCUT2D eigenvalue weighted by molar-refractivity contribution is 9.10. The number of halogens is 3. The maximum Gasteiger partial charge on any atom is 0.0502 e. The second-order valence-electron chi connectivity index (χ2n) is 4.37. The fraction of sp³-hybridized carbons (Fsp3) is 0.200. The molecule has 0 saturated heterocycles. The monoisotopic (exact) mass is 402 g/mol. The van der Waals surface area contributed by atoms with E-state index in [2.05, 4.69) is 31.9 Å². The summed E-state index contributed by atoms with van der Waals surface area (Å²) < 4.78 is 1.98. The third-order valence-corrected chi connectivity index (χ3v) is 4.36. The summed E-state index contributed by atoms with van der Waals surface area (Å²) in [4.78, 5) is 0. The van der Waals surface area contributed by atoms with Crippen LogP contribution in [0.25, 0.3) is 0 Å². The second-order valence-corrected chi connectivity index (χ2v) is 6.61. The van der Waals surface area contributed by atoms with Crippen LogP contribution in [0.1, 0.15) is 17.0 Å². The van der Waals surface area contributed by atoms with Crippen LogP contribution in [0.5, 0.6) is 0 Å². The number of aliphatic hydroxyl groups is 1. The van der Waals surface area contributed by atoms with Crippen molar-refractivity contribution < 1.29 is 5.11 Å². The zero-order valence-electron chi connectivity index (χ0n) is 10.1. The fourth-order valence-electron chi connectivity index (χ4n) is 2.00. The number of hydrogen-bond donors (Lipinski definition) is 1. The molecular weight excluding hydrogens is 391 g/mol. The lowest BCUT2D eigenvalue weighted by Crippen LogP contribution is -2.08. The van der Waals surface area contributed by atoms with Crippen molar-refractivity contribution in [1.29, 1.82) is 0 Å². The summed E-state index contributed by atoms with van der Waals surface area (Å²) in [7, 11) is 0. The van der Waals surface area contributed by atoms with Crippen LogP contribution < -0.4 is 0 Å². The van der Waals surface area contributed by atoms with Crippen LogP contribution in [0.15, 0.2) is 51.4 Å². The summed E-state index contributed by atoms with van der Waals surface area (Å²) in [5.41, 5.74) is 2.15. The van der Waals surface area contributed by atoms with Gasteiger partial charge in [0.05, 0.1) is 6.61 Å². The Balaban J connectivity index is 2.24. The van der Waals surface area contributed by atoms with Gasteiger partial charge >= 0.3 is 0 Å². The van der Waals surface area contributed by atoms with Crippen LogP contribution >= 0.6 is 43.5 Å². The second kappa shape index (κ2) is 6.89. The van der Waals surface area contributed by atoms with Gasteiger partial charge in [-0.1, -0.05) is 61.7 Å². The van der Waals surface area contributed by atoms with Crippen molar-refractivity contribution in [3.63, 3.8) is 0 Å². The standard InChI is InChI=1S/C15H13Br2ClO/c16-13-3-1-2-10(7-13)12(9-19)6-11-4-5-14(17)8-15(11)18/h1-5,7-8,12,19H,6,9H2. The Bertz CT molecular complexity index is 572. The quantitative estimate of drug-likeness (QED) is 0.744. The van der Waals surface area contributed by atoms with Crippen molar-refractivity contribution in [2.75, 3.05) is 6.61 Å². The molecule has 0 bridgehead atoms. The molecule has 100 valence electrons. The molecule has 2 aromatic rings. The number of rotatable bonds is 4. The third kappa shape index (κ3) is 4.06. The van der Waals surface area contributed by atoms with E-state index in [1.54, 1.807) is 0 Å². The van der Waals surface area contributed by atoms with Crippen molar-refractivity contribution in [2.24, 2.45) is 0 Å². The zero-order chi connectivity index (χ0) is 13.8. The Labute approximate surface area is 134 Å².